The van der Waals surface area contributed by atoms with E-state index in [4.69, 9.17) is 0 Å². The molecule has 0 saturated heterocycles. The highest BCUT2D eigenvalue weighted by atomic mass is 16.2. The second-order valence-corrected chi connectivity index (χ2v) is 6.85. The summed E-state index contributed by atoms with van der Waals surface area (Å²) in [6, 6.07) is 17.1. The molecule has 0 radical (unpaired) electrons. The quantitative estimate of drug-likeness (QED) is 0.927. The first-order chi connectivity index (χ1) is 11.8. The summed E-state index contributed by atoms with van der Waals surface area (Å²) in [5.74, 6) is 0.142. The zero-order chi connectivity index (χ0) is 16.4. The molecule has 3 nitrogen and oxygen atoms in total. The number of para-hydroxylation sites is 2. The Bertz CT molecular complexity index is 687. The molecular weight excluding hydrogens is 296 g/mol. The zero-order valence-electron chi connectivity index (χ0n) is 14.0. The Morgan fingerprint density at radius 2 is 1.46 bits per heavy atom. The molecule has 1 amide bonds. The van der Waals surface area contributed by atoms with Gasteiger partial charge in [-0.15, -0.1) is 0 Å². The molecule has 1 aliphatic heterocycles. The molecule has 2 aromatic carbocycles. The summed E-state index contributed by atoms with van der Waals surface area (Å²) in [6.45, 7) is 0.410. The van der Waals surface area contributed by atoms with Crippen LogP contribution in [-0.2, 0) is 17.6 Å². The second kappa shape index (κ2) is 6.78. The summed E-state index contributed by atoms with van der Waals surface area (Å²) in [4.78, 5) is 15.0. The van der Waals surface area contributed by atoms with Crippen LogP contribution in [0.1, 0.15) is 36.8 Å². The van der Waals surface area contributed by atoms with Gasteiger partial charge in [0.1, 0.15) is 0 Å². The van der Waals surface area contributed by atoms with Crippen molar-refractivity contribution in [1.82, 2.24) is 5.32 Å². The van der Waals surface area contributed by atoms with Gasteiger partial charge in [0, 0.05) is 6.04 Å². The van der Waals surface area contributed by atoms with Crippen molar-refractivity contribution in [3.05, 3.63) is 59.7 Å². The normalized spacial score (nSPS) is 17.2. The molecule has 24 heavy (non-hydrogen) atoms. The number of benzene rings is 2. The van der Waals surface area contributed by atoms with Gasteiger partial charge in [-0.05, 0) is 48.9 Å². The van der Waals surface area contributed by atoms with Gasteiger partial charge in [0.25, 0.3) is 0 Å². The standard InChI is InChI=1S/C21H24N2O/c24-21(15-22-18-9-3-4-10-18)23-19-11-5-1-7-16(19)13-14-17-8-2-6-12-20(17)23/h1-2,5-8,11-12,18,22H,3-4,9-10,13-15H2. The number of nitrogens with one attached hydrogen (secondary N) is 1. The van der Waals surface area contributed by atoms with Crippen LogP contribution in [0.4, 0.5) is 11.4 Å². The number of amides is 1. The van der Waals surface area contributed by atoms with E-state index in [2.05, 4.69) is 41.7 Å². The van der Waals surface area contributed by atoms with Crippen molar-refractivity contribution in [2.75, 3.05) is 11.4 Å². The van der Waals surface area contributed by atoms with E-state index >= 15 is 0 Å². The summed E-state index contributed by atoms with van der Waals surface area (Å²) in [7, 11) is 0. The van der Waals surface area contributed by atoms with Crippen molar-refractivity contribution >= 4 is 17.3 Å². The lowest BCUT2D eigenvalue weighted by Crippen LogP contribution is -2.39. The first-order valence-electron chi connectivity index (χ1n) is 9.05. The first-order valence-corrected chi connectivity index (χ1v) is 9.05. The fraction of sp³-hybridized carbons (Fsp3) is 0.381. The summed E-state index contributed by atoms with van der Waals surface area (Å²) >= 11 is 0. The minimum atomic E-state index is 0.142. The third-order valence-electron chi connectivity index (χ3n) is 5.28. The highest BCUT2D eigenvalue weighted by Crippen LogP contribution is 2.35. The van der Waals surface area contributed by atoms with Crippen LogP contribution in [0, 0.1) is 0 Å². The van der Waals surface area contributed by atoms with Gasteiger partial charge in [-0.2, -0.15) is 0 Å². The summed E-state index contributed by atoms with van der Waals surface area (Å²) < 4.78 is 0. The van der Waals surface area contributed by atoms with E-state index < -0.39 is 0 Å². The molecule has 124 valence electrons. The van der Waals surface area contributed by atoms with Gasteiger partial charge < -0.3 is 5.32 Å². The molecule has 1 heterocycles. The van der Waals surface area contributed by atoms with Crippen molar-refractivity contribution in [2.45, 2.75) is 44.6 Å². The Labute approximate surface area is 143 Å². The maximum Gasteiger partial charge on any atom is 0.245 e. The Kier molecular flexibility index (Phi) is 4.35. The van der Waals surface area contributed by atoms with Gasteiger partial charge in [0.2, 0.25) is 5.91 Å². The van der Waals surface area contributed by atoms with Crippen molar-refractivity contribution in [3.63, 3.8) is 0 Å². The fourth-order valence-corrected chi connectivity index (χ4v) is 3.99. The molecule has 0 atom stereocenters. The third-order valence-corrected chi connectivity index (χ3v) is 5.28. The molecule has 4 rings (SSSR count). The van der Waals surface area contributed by atoms with Gasteiger partial charge in [-0.3, -0.25) is 9.69 Å². The Balaban J connectivity index is 1.65. The van der Waals surface area contributed by atoms with Gasteiger partial charge in [0.05, 0.1) is 17.9 Å². The van der Waals surface area contributed by atoms with Crippen molar-refractivity contribution in [3.8, 4) is 0 Å². The summed E-state index contributed by atoms with van der Waals surface area (Å²) in [5.41, 5.74) is 4.59. The molecule has 0 bridgehead atoms. The van der Waals surface area contributed by atoms with Gasteiger partial charge in [-0.25, -0.2) is 0 Å². The van der Waals surface area contributed by atoms with Crippen LogP contribution < -0.4 is 10.2 Å². The zero-order valence-corrected chi connectivity index (χ0v) is 14.0. The maximum atomic E-state index is 13.1. The lowest BCUT2D eigenvalue weighted by molar-refractivity contribution is -0.117. The largest absolute Gasteiger partial charge is 0.306 e. The number of nitrogens with zero attached hydrogens (tertiary/aromatic N) is 1. The molecule has 1 fully saturated rings. The Hall–Kier alpha value is -2.13. The van der Waals surface area contributed by atoms with E-state index in [9.17, 15) is 4.79 Å². The lowest BCUT2D eigenvalue weighted by atomic mass is 10.0. The second-order valence-electron chi connectivity index (χ2n) is 6.85. The molecule has 3 heteroatoms. The topological polar surface area (TPSA) is 32.3 Å². The lowest BCUT2D eigenvalue weighted by Gasteiger charge is -2.26. The third kappa shape index (κ3) is 2.96. The number of rotatable bonds is 3. The van der Waals surface area contributed by atoms with Gasteiger partial charge in [0.15, 0.2) is 0 Å². The smallest absolute Gasteiger partial charge is 0.245 e. The molecule has 2 aromatic rings. The fourth-order valence-electron chi connectivity index (χ4n) is 3.99. The van der Waals surface area contributed by atoms with Crippen molar-refractivity contribution in [1.29, 1.82) is 0 Å². The van der Waals surface area contributed by atoms with Crippen LogP contribution in [0.2, 0.25) is 0 Å². The SMILES string of the molecule is O=C(CNC1CCCC1)N1c2ccccc2CCc2ccccc21. The van der Waals surface area contributed by atoms with Crippen molar-refractivity contribution in [2.24, 2.45) is 0 Å². The van der Waals surface area contributed by atoms with E-state index in [1.54, 1.807) is 0 Å². The summed E-state index contributed by atoms with van der Waals surface area (Å²) in [6.07, 6.45) is 6.91. The average molecular weight is 320 g/mol. The number of aryl methyl sites for hydroxylation is 2. The number of anilines is 2. The number of hydrogen-bond acceptors (Lipinski definition) is 2. The van der Waals surface area contributed by atoms with Crippen LogP contribution in [0.5, 0.6) is 0 Å². The minimum absolute atomic E-state index is 0.142. The van der Waals surface area contributed by atoms with E-state index in [0.717, 1.165) is 24.2 Å². The number of hydrogen-bond donors (Lipinski definition) is 1. The predicted octanol–water partition coefficient (Wildman–Crippen LogP) is 3.98. The Morgan fingerprint density at radius 3 is 2.04 bits per heavy atom. The van der Waals surface area contributed by atoms with Crippen molar-refractivity contribution < 1.29 is 4.79 Å². The Morgan fingerprint density at radius 1 is 0.917 bits per heavy atom. The average Bonchev–Trinajstić information content (AvgIpc) is 3.08. The predicted molar refractivity (Wildman–Crippen MR) is 97.7 cm³/mol. The molecule has 0 unspecified atom stereocenters. The first kappa shape index (κ1) is 15.4. The van der Waals surface area contributed by atoms with E-state index in [0.29, 0.717) is 12.6 Å². The molecule has 0 aromatic heterocycles. The van der Waals surface area contributed by atoms with Gasteiger partial charge in [-0.1, -0.05) is 49.2 Å². The number of fused-ring (bicyclic) bond motifs is 2. The highest BCUT2D eigenvalue weighted by Gasteiger charge is 2.26. The van der Waals surface area contributed by atoms with Crippen LogP contribution in [0.15, 0.2) is 48.5 Å². The molecule has 1 aliphatic carbocycles. The van der Waals surface area contributed by atoms with Crippen LogP contribution >= 0.6 is 0 Å². The molecule has 1 saturated carbocycles. The van der Waals surface area contributed by atoms with Crippen LogP contribution in [0.3, 0.4) is 0 Å². The van der Waals surface area contributed by atoms with E-state index in [-0.39, 0.29) is 5.91 Å². The maximum absolute atomic E-state index is 13.1. The van der Waals surface area contributed by atoms with Gasteiger partial charge >= 0.3 is 0 Å². The molecule has 1 N–H and O–H groups in total. The molecule has 0 spiro atoms. The minimum Gasteiger partial charge on any atom is -0.306 e. The monoisotopic (exact) mass is 320 g/mol. The number of carbonyl (C=O) groups is 1. The highest BCUT2D eigenvalue weighted by molar-refractivity contribution is 6.03. The van der Waals surface area contributed by atoms with E-state index in [1.165, 1.54) is 36.8 Å². The van der Waals surface area contributed by atoms with Crippen LogP contribution in [-0.4, -0.2) is 18.5 Å². The molecule has 2 aliphatic rings. The summed E-state index contributed by atoms with van der Waals surface area (Å²) in [5, 5.41) is 3.47. The number of carbonyl (C=O) groups excluding carboxylic acids is 1. The molecular formula is C21H24N2O. The van der Waals surface area contributed by atoms with Crippen LogP contribution in [0.25, 0.3) is 0 Å². The van der Waals surface area contributed by atoms with E-state index in [1.807, 2.05) is 17.0 Å².